The Kier molecular flexibility index (Phi) is 3.45. The Balaban J connectivity index is 1.53. The molecule has 23 heavy (non-hydrogen) atoms. The van der Waals surface area contributed by atoms with Crippen molar-refractivity contribution in [3.8, 4) is 0 Å². The van der Waals surface area contributed by atoms with Gasteiger partial charge in [-0.05, 0) is 52.9 Å². The number of nitrogens with two attached hydrogens (primary N) is 1. The molecule has 4 rings (SSSR count). The van der Waals surface area contributed by atoms with E-state index < -0.39 is 0 Å². The molecule has 2 aromatic rings. The summed E-state index contributed by atoms with van der Waals surface area (Å²) in [5.74, 6) is 0.472. The first kappa shape index (κ1) is 14.4. The molecule has 2 N–H and O–H groups in total. The molecule has 1 amide bonds. The monoisotopic (exact) mass is 332 g/mol. The first-order chi connectivity index (χ1) is 11.1. The van der Waals surface area contributed by atoms with Gasteiger partial charge >= 0.3 is 0 Å². The average Bonchev–Trinajstić information content (AvgIpc) is 2.94. The van der Waals surface area contributed by atoms with Crippen LogP contribution in [0, 0.1) is 5.92 Å². The SMILES string of the molecule is NC(=O)C1CC(n2nnnc2N2CCc3cc(Cl)ccc3C2)C1. The predicted octanol–water partition coefficient (Wildman–Crippen LogP) is 1.33. The maximum atomic E-state index is 11.2. The second-order valence-electron chi connectivity index (χ2n) is 6.23. The Morgan fingerprint density at radius 3 is 2.91 bits per heavy atom. The van der Waals surface area contributed by atoms with Crippen LogP contribution in [-0.4, -0.2) is 32.7 Å². The number of carbonyl (C=O) groups is 1. The molecule has 1 aromatic carbocycles. The summed E-state index contributed by atoms with van der Waals surface area (Å²) in [5, 5.41) is 12.9. The molecule has 2 heterocycles. The van der Waals surface area contributed by atoms with Crippen LogP contribution in [0.4, 0.5) is 5.95 Å². The highest BCUT2D eigenvalue weighted by atomic mass is 35.5. The van der Waals surface area contributed by atoms with E-state index in [1.807, 2.05) is 16.8 Å². The zero-order chi connectivity index (χ0) is 16.0. The quantitative estimate of drug-likeness (QED) is 0.915. The Bertz CT molecular complexity index is 754. The van der Waals surface area contributed by atoms with Gasteiger partial charge in [0.1, 0.15) is 0 Å². The third-order valence-corrected chi connectivity index (χ3v) is 5.04. The number of primary amides is 1. The molecular weight excluding hydrogens is 316 g/mol. The van der Waals surface area contributed by atoms with E-state index in [2.05, 4.69) is 26.5 Å². The fourth-order valence-corrected chi connectivity index (χ4v) is 3.54. The van der Waals surface area contributed by atoms with Crippen molar-refractivity contribution in [2.45, 2.75) is 31.8 Å². The Hall–Kier alpha value is -2.15. The van der Waals surface area contributed by atoms with Crippen LogP contribution in [0.1, 0.15) is 30.0 Å². The topological polar surface area (TPSA) is 89.9 Å². The van der Waals surface area contributed by atoms with Gasteiger partial charge in [-0.25, -0.2) is 4.68 Å². The molecule has 1 aromatic heterocycles. The summed E-state index contributed by atoms with van der Waals surface area (Å²) in [5.41, 5.74) is 7.87. The van der Waals surface area contributed by atoms with E-state index in [9.17, 15) is 4.79 Å². The lowest BCUT2D eigenvalue weighted by Gasteiger charge is -2.35. The van der Waals surface area contributed by atoms with Gasteiger partial charge in [0.2, 0.25) is 11.9 Å². The van der Waals surface area contributed by atoms with Crippen molar-refractivity contribution < 1.29 is 4.79 Å². The Morgan fingerprint density at radius 1 is 1.30 bits per heavy atom. The van der Waals surface area contributed by atoms with E-state index in [1.165, 1.54) is 11.1 Å². The van der Waals surface area contributed by atoms with Gasteiger partial charge < -0.3 is 10.6 Å². The van der Waals surface area contributed by atoms with E-state index in [0.29, 0.717) is 12.8 Å². The molecule has 0 atom stereocenters. The van der Waals surface area contributed by atoms with Crippen molar-refractivity contribution in [2.75, 3.05) is 11.4 Å². The lowest BCUT2D eigenvalue weighted by molar-refractivity contribution is -0.125. The van der Waals surface area contributed by atoms with Gasteiger partial charge in [0, 0.05) is 24.0 Å². The highest BCUT2D eigenvalue weighted by molar-refractivity contribution is 6.30. The van der Waals surface area contributed by atoms with E-state index in [4.69, 9.17) is 17.3 Å². The highest BCUT2D eigenvalue weighted by Gasteiger charge is 2.37. The number of halogens is 1. The molecule has 2 aliphatic rings. The molecule has 0 unspecified atom stereocenters. The van der Waals surface area contributed by atoms with Crippen molar-refractivity contribution in [1.82, 2.24) is 20.2 Å². The smallest absolute Gasteiger partial charge is 0.246 e. The van der Waals surface area contributed by atoms with Crippen LogP contribution in [0.3, 0.4) is 0 Å². The summed E-state index contributed by atoms with van der Waals surface area (Å²) in [4.78, 5) is 13.4. The van der Waals surface area contributed by atoms with Crippen molar-refractivity contribution >= 4 is 23.5 Å². The maximum Gasteiger partial charge on any atom is 0.246 e. The summed E-state index contributed by atoms with van der Waals surface area (Å²) in [6.45, 7) is 1.61. The van der Waals surface area contributed by atoms with Crippen LogP contribution >= 0.6 is 11.6 Å². The Morgan fingerprint density at radius 2 is 2.13 bits per heavy atom. The van der Waals surface area contributed by atoms with Gasteiger partial charge in [-0.1, -0.05) is 22.8 Å². The number of tetrazole rings is 1. The molecule has 7 nitrogen and oxygen atoms in total. The minimum Gasteiger partial charge on any atom is -0.369 e. The molecule has 0 saturated heterocycles. The fraction of sp³-hybridized carbons (Fsp3) is 0.467. The first-order valence-corrected chi connectivity index (χ1v) is 8.09. The van der Waals surface area contributed by atoms with Crippen molar-refractivity contribution in [1.29, 1.82) is 0 Å². The van der Waals surface area contributed by atoms with Crippen LogP contribution in [0.5, 0.6) is 0 Å². The van der Waals surface area contributed by atoms with Gasteiger partial charge in [0.25, 0.3) is 0 Å². The second kappa shape index (κ2) is 5.49. The molecule has 0 radical (unpaired) electrons. The third-order valence-electron chi connectivity index (χ3n) is 4.80. The average molecular weight is 333 g/mol. The predicted molar refractivity (Wildman–Crippen MR) is 85.0 cm³/mol. The molecule has 1 aliphatic carbocycles. The van der Waals surface area contributed by atoms with Crippen LogP contribution in [0.2, 0.25) is 5.02 Å². The molecule has 8 heteroatoms. The minimum atomic E-state index is -0.236. The van der Waals surface area contributed by atoms with Gasteiger partial charge in [-0.3, -0.25) is 4.79 Å². The number of benzene rings is 1. The van der Waals surface area contributed by atoms with Gasteiger partial charge in [-0.15, -0.1) is 0 Å². The standard InChI is InChI=1S/C15H17ClN6O/c16-12-2-1-10-8-21(4-3-9(10)5-12)15-18-19-20-22(15)13-6-11(7-13)14(17)23/h1-2,5,11,13H,3-4,6-8H2,(H2,17,23). The molecule has 0 spiro atoms. The summed E-state index contributed by atoms with van der Waals surface area (Å²) in [6, 6.07) is 6.16. The highest BCUT2D eigenvalue weighted by Crippen LogP contribution is 2.39. The number of hydrogen-bond acceptors (Lipinski definition) is 5. The first-order valence-electron chi connectivity index (χ1n) is 7.71. The number of carbonyl (C=O) groups excluding carboxylic acids is 1. The summed E-state index contributed by atoms with van der Waals surface area (Å²) < 4.78 is 1.83. The summed E-state index contributed by atoms with van der Waals surface area (Å²) in [7, 11) is 0. The van der Waals surface area contributed by atoms with Crippen LogP contribution < -0.4 is 10.6 Å². The van der Waals surface area contributed by atoms with Crippen LogP contribution in [-0.2, 0) is 17.8 Å². The normalized spacial score (nSPS) is 23.3. The number of nitrogens with zero attached hydrogens (tertiary/aromatic N) is 5. The number of rotatable bonds is 3. The summed E-state index contributed by atoms with van der Waals surface area (Å²) in [6.07, 6.45) is 2.35. The number of hydrogen-bond donors (Lipinski definition) is 1. The maximum absolute atomic E-state index is 11.2. The molecule has 0 bridgehead atoms. The third kappa shape index (κ3) is 2.55. The molecule has 1 fully saturated rings. The second-order valence-corrected chi connectivity index (χ2v) is 6.67. The molecule has 120 valence electrons. The molecule has 1 saturated carbocycles. The van der Waals surface area contributed by atoms with E-state index in [1.54, 1.807) is 0 Å². The van der Waals surface area contributed by atoms with Crippen LogP contribution in [0.15, 0.2) is 18.2 Å². The molecule has 1 aliphatic heterocycles. The lowest BCUT2D eigenvalue weighted by Crippen LogP contribution is -2.39. The zero-order valence-electron chi connectivity index (χ0n) is 12.5. The number of aromatic nitrogens is 4. The fourth-order valence-electron chi connectivity index (χ4n) is 3.35. The summed E-state index contributed by atoms with van der Waals surface area (Å²) >= 11 is 6.06. The van der Waals surface area contributed by atoms with Gasteiger partial charge in [0.15, 0.2) is 0 Å². The van der Waals surface area contributed by atoms with Gasteiger partial charge in [-0.2, -0.15) is 0 Å². The van der Waals surface area contributed by atoms with E-state index >= 15 is 0 Å². The largest absolute Gasteiger partial charge is 0.369 e. The number of anilines is 1. The number of amides is 1. The van der Waals surface area contributed by atoms with Gasteiger partial charge in [0.05, 0.1) is 6.04 Å². The van der Waals surface area contributed by atoms with E-state index in [0.717, 1.165) is 30.5 Å². The minimum absolute atomic E-state index is 0.0544. The van der Waals surface area contributed by atoms with Crippen LogP contribution in [0.25, 0.3) is 0 Å². The zero-order valence-corrected chi connectivity index (χ0v) is 13.3. The number of fused-ring (bicyclic) bond motifs is 1. The van der Waals surface area contributed by atoms with Crippen molar-refractivity contribution in [2.24, 2.45) is 11.7 Å². The van der Waals surface area contributed by atoms with Crippen molar-refractivity contribution in [3.63, 3.8) is 0 Å². The lowest BCUT2D eigenvalue weighted by atomic mass is 9.80. The van der Waals surface area contributed by atoms with Crippen molar-refractivity contribution in [3.05, 3.63) is 34.3 Å². The molecular formula is C15H17ClN6O. The Labute approximate surface area is 138 Å². The van der Waals surface area contributed by atoms with E-state index in [-0.39, 0.29) is 17.9 Å².